The van der Waals surface area contributed by atoms with Crippen molar-refractivity contribution in [1.82, 2.24) is 14.9 Å². The number of hydrogen-bond donors (Lipinski definition) is 0. The molecule has 1 aliphatic heterocycles. The molecule has 1 aromatic carbocycles. The van der Waals surface area contributed by atoms with E-state index in [4.69, 9.17) is 0 Å². The molecule has 0 amide bonds. The smallest absolute Gasteiger partial charge is 0.139 e. The zero-order valence-corrected chi connectivity index (χ0v) is 8.32. The molecule has 3 rings (SSSR count). The molecular formula is C11H12N4. The van der Waals surface area contributed by atoms with Crippen LogP contribution in [-0.2, 0) is 0 Å². The Labute approximate surface area is 88.1 Å². The molecule has 1 fully saturated rings. The quantitative estimate of drug-likeness (QED) is 0.734. The molecule has 0 aliphatic carbocycles. The molecule has 2 aromatic rings. The van der Waals surface area contributed by atoms with Crippen LogP contribution >= 0.6 is 0 Å². The van der Waals surface area contributed by atoms with Gasteiger partial charge in [0.15, 0.2) is 0 Å². The summed E-state index contributed by atoms with van der Waals surface area (Å²) in [4.78, 5) is 5.78. The lowest BCUT2D eigenvalue weighted by Gasteiger charge is -2.41. The third-order valence-electron chi connectivity index (χ3n) is 2.85. The first kappa shape index (κ1) is 8.47. The lowest BCUT2D eigenvalue weighted by atomic mass is 9.97. The van der Waals surface area contributed by atoms with Crippen LogP contribution in [0, 0.1) is 0 Å². The number of rotatable bonds is 2. The van der Waals surface area contributed by atoms with Gasteiger partial charge in [0.1, 0.15) is 12.7 Å². The van der Waals surface area contributed by atoms with E-state index in [9.17, 15) is 0 Å². The van der Waals surface area contributed by atoms with E-state index in [2.05, 4.69) is 39.4 Å². The highest BCUT2D eigenvalue weighted by atomic mass is 15.7. The third kappa shape index (κ3) is 1.38. The first-order valence-electron chi connectivity index (χ1n) is 5.11. The molecular weight excluding hydrogens is 188 g/mol. The largest absolute Gasteiger partial charge is 0.288 e. The molecule has 1 atom stereocenters. The molecule has 4 nitrogen and oxygen atoms in total. The van der Waals surface area contributed by atoms with Crippen molar-refractivity contribution in [2.75, 3.05) is 11.6 Å². The van der Waals surface area contributed by atoms with Crippen molar-refractivity contribution in [1.29, 1.82) is 0 Å². The Morgan fingerprint density at radius 2 is 2.07 bits per heavy atom. The van der Waals surface area contributed by atoms with Gasteiger partial charge in [-0.05, 0) is 12.0 Å². The van der Waals surface area contributed by atoms with Crippen molar-refractivity contribution in [3.63, 3.8) is 0 Å². The maximum Gasteiger partial charge on any atom is 0.139 e. The molecule has 0 radical (unpaired) electrons. The van der Waals surface area contributed by atoms with E-state index in [1.807, 2.05) is 10.9 Å². The number of nitrogens with zero attached hydrogens (tertiary/aromatic N) is 4. The summed E-state index contributed by atoms with van der Waals surface area (Å²) < 4.78 is 0. The van der Waals surface area contributed by atoms with Crippen molar-refractivity contribution < 1.29 is 0 Å². The van der Waals surface area contributed by atoms with Gasteiger partial charge in [0.2, 0.25) is 0 Å². The second-order valence-electron chi connectivity index (χ2n) is 3.69. The van der Waals surface area contributed by atoms with Gasteiger partial charge in [-0.3, -0.25) is 5.01 Å². The standard InChI is InChI=1S/C11H12N4/c1-2-4-10(5-3-1)11-6-7-14(11)15-9-12-8-13-15/h1-5,8-9,11H,6-7H2. The van der Waals surface area contributed by atoms with E-state index in [0.29, 0.717) is 6.04 Å². The van der Waals surface area contributed by atoms with E-state index < -0.39 is 0 Å². The van der Waals surface area contributed by atoms with Crippen LogP contribution < -0.4 is 5.01 Å². The van der Waals surface area contributed by atoms with Gasteiger partial charge in [-0.2, -0.15) is 4.79 Å². The summed E-state index contributed by atoms with van der Waals surface area (Å²) in [6.45, 7) is 1.04. The first-order chi connectivity index (χ1) is 7.45. The maximum absolute atomic E-state index is 4.15. The second-order valence-corrected chi connectivity index (χ2v) is 3.69. The highest BCUT2D eigenvalue weighted by Gasteiger charge is 2.29. The minimum atomic E-state index is 0.452. The van der Waals surface area contributed by atoms with Gasteiger partial charge < -0.3 is 0 Å². The Hall–Kier alpha value is -1.84. The topological polar surface area (TPSA) is 34.0 Å². The van der Waals surface area contributed by atoms with Crippen molar-refractivity contribution in [2.45, 2.75) is 12.5 Å². The molecule has 15 heavy (non-hydrogen) atoms. The summed E-state index contributed by atoms with van der Waals surface area (Å²) in [5, 5.41) is 6.36. The summed E-state index contributed by atoms with van der Waals surface area (Å²) in [6.07, 6.45) is 4.50. The minimum Gasteiger partial charge on any atom is -0.288 e. The van der Waals surface area contributed by atoms with Crippen LogP contribution in [0.1, 0.15) is 18.0 Å². The molecule has 76 valence electrons. The van der Waals surface area contributed by atoms with Gasteiger partial charge in [-0.25, -0.2) is 4.98 Å². The van der Waals surface area contributed by atoms with Crippen molar-refractivity contribution in [2.24, 2.45) is 0 Å². The molecule has 1 aliphatic rings. The fraction of sp³-hybridized carbons (Fsp3) is 0.273. The van der Waals surface area contributed by atoms with Crippen LogP contribution in [0.15, 0.2) is 43.0 Å². The molecule has 0 bridgehead atoms. The average Bonchev–Trinajstić information content (AvgIpc) is 2.71. The van der Waals surface area contributed by atoms with Crippen LogP contribution in [-0.4, -0.2) is 21.4 Å². The Morgan fingerprint density at radius 1 is 1.20 bits per heavy atom. The minimum absolute atomic E-state index is 0.452. The zero-order chi connectivity index (χ0) is 10.1. The average molecular weight is 200 g/mol. The number of aromatic nitrogens is 3. The van der Waals surface area contributed by atoms with Gasteiger partial charge in [0, 0.05) is 6.54 Å². The van der Waals surface area contributed by atoms with Crippen LogP contribution in [0.3, 0.4) is 0 Å². The van der Waals surface area contributed by atoms with Gasteiger partial charge >= 0.3 is 0 Å². The molecule has 1 unspecified atom stereocenters. The summed E-state index contributed by atoms with van der Waals surface area (Å²) >= 11 is 0. The summed E-state index contributed by atoms with van der Waals surface area (Å²) in [5.74, 6) is 0. The zero-order valence-electron chi connectivity index (χ0n) is 8.32. The van der Waals surface area contributed by atoms with Crippen molar-refractivity contribution in [3.05, 3.63) is 48.5 Å². The van der Waals surface area contributed by atoms with Crippen molar-refractivity contribution in [3.8, 4) is 0 Å². The van der Waals surface area contributed by atoms with Crippen LogP contribution in [0.5, 0.6) is 0 Å². The lowest BCUT2D eigenvalue weighted by Crippen LogP contribution is -2.48. The number of hydrogen-bond acceptors (Lipinski definition) is 3. The summed E-state index contributed by atoms with van der Waals surface area (Å²) in [5.41, 5.74) is 1.35. The maximum atomic E-state index is 4.15. The van der Waals surface area contributed by atoms with E-state index in [1.54, 1.807) is 12.7 Å². The Morgan fingerprint density at radius 3 is 2.67 bits per heavy atom. The lowest BCUT2D eigenvalue weighted by molar-refractivity contribution is 0.334. The van der Waals surface area contributed by atoms with E-state index in [0.717, 1.165) is 6.54 Å². The molecule has 1 aromatic heterocycles. The predicted octanol–water partition coefficient (Wildman–Crippen LogP) is 1.36. The van der Waals surface area contributed by atoms with E-state index in [1.165, 1.54) is 12.0 Å². The van der Waals surface area contributed by atoms with Gasteiger partial charge in [-0.15, -0.1) is 5.10 Å². The van der Waals surface area contributed by atoms with Gasteiger partial charge in [0.05, 0.1) is 6.04 Å². The Bertz CT molecular complexity index is 423. The normalized spacial score (nSPS) is 20.0. The molecule has 2 heterocycles. The summed E-state index contributed by atoms with van der Waals surface area (Å²) in [6, 6.07) is 11.0. The van der Waals surface area contributed by atoms with Crippen LogP contribution in [0.4, 0.5) is 0 Å². The predicted molar refractivity (Wildman–Crippen MR) is 56.9 cm³/mol. The fourth-order valence-electron chi connectivity index (χ4n) is 1.97. The second kappa shape index (κ2) is 3.38. The van der Waals surface area contributed by atoms with Crippen LogP contribution in [0.2, 0.25) is 0 Å². The van der Waals surface area contributed by atoms with Gasteiger partial charge in [-0.1, -0.05) is 30.3 Å². The highest BCUT2D eigenvalue weighted by molar-refractivity contribution is 5.25. The fourth-order valence-corrected chi connectivity index (χ4v) is 1.97. The highest BCUT2D eigenvalue weighted by Crippen LogP contribution is 2.30. The molecule has 0 N–H and O–H groups in total. The number of benzene rings is 1. The van der Waals surface area contributed by atoms with Gasteiger partial charge in [0.25, 0.3) is 0 Å². The SMILES string of the molecule is c1ccc(C2CCN2n2cncn2)cc1. The molecule has 1 saturated heterocycles. The first-order valence-corrected chi connectivity index (χ1v) is 5.11. The van der Waals surface area contributed by atoms with Crippen molar-refractivity contribution >= 4 is 0 Å². The Kier molecular flexibility index (Phi) is 1.91. The summed E-state index contributed by atoms with van der Waals surface area (Å²) in [7, 11) is 0. The third-order valence-corrected chi connectivity index (χ3v) is 2.85. The molecule has 0 spiro atoms. The Balaban J connectivity index is 1.85. The van der Waals surface area contributed by atoms with E-state index >= 15 is 0 Å². The molecule has 4 heteroatoms. The van der Waals surface area contributed by atoms with Crippen LogP contribution in [0.25, 0.3) is 0 Å². The van der Waals surface area contributed by atoms with E-state index in [-0.39, 0.29) is 0 Å². The monoisotopic (exact) mass is 200 g/mol. The molecule has 0 saturated carbocycles.